The van der Waals surface area contributed by atoms with Crippen molar-refractivity contribution < 1.29 is 9.84 Å². The molecule has 0 bridgehead atoms. The predicted molar refractivity (Wildman–Crippen MR) is 101 cm³/mol. The normalized spacial score (nSPS) is 17.1. The number of hydrogen-bond donors (Lipinski definition) is 1. The molecule has 0 spiro atoms. The maximum Gasteiger partial charge on any atom is 0.127 e. The number of benzene rings is 1. The molecule has 3 heteroatoms. The van der Waals surface area contributed by atoms with E-state index in [2.05, 4.69) is 41.8 Å². The highest BCUT2D eigenvalue weighted by Gasteiger charge is 2.09. The Hall–Kier alpha value is -1.84. The van der Waals surface area contributed by atoms with Crippen molar-refractivity contribution in [3.05, 3.63) is 65.8 Å². The second kappa shape index (κ2) is 8.86. The van der Waals surface area contributed by atoms with Crippen molar-refractivity contribution in [3.63, 3.8) is 0 Å². The first-order valence-corrected chi connectivity index (χ1v) is 9.56. The summed E-state index contributed by atoms with van der Waals surface area (Å²) < 4.78 is 5.81. The molecular weight excluding hydrogens is 316 g/mol. The number of aliphatic hydroxyl groups excluding tert-OH is 1. The zero-order chi connectivity index (χ0) is 16.6. The first-order valence-electron chi connectivity index (χ1n) is 8.68. The van der Waals surface area contributed by atoms with Gasteiger partial charge in [-0.05, 0) is 79.1 Å². The van der Waals surface area contributed by atoms with Crippen molar-refractivity contribution in [2.24, 2.45) is 0 Å². The van der Waals surface area contributed by atoms with Crippen molar-refractivity contribution in [2.45, 2.75) is 44.6 Å². The topological polar surface area (TPSA) is 29.5 Å². The van der Waals surface area contributed by atoms with Crippen LogP contribution in [0.25, 0.3) is 10.4 Å². The number of thiophene rings is 1. The summed E-state index contributed by atoms with van der Waals surface area (Å²) in [5.41, 5.74) is 1.24. The van der Waals surface area contributed by atoms with Gasteiger partial charge in [-0.1, -0.05) is 25.0 Å². The highest BCUT2D eigenvalue weighted by atomic mass is 32.1. The Morgan fingerprint density at radius 3 is 2.33 bits per heavy atom. The number of aliphatic hydroxyl groups is 1. The molecule has 0 amide bonds. The second-order valence-corrected chi connectivity index (χ2v) is 7.08. The summed E-state index contributed by atoms with van der Waals surface area (Å²) in [6.45, 7) is 0. The number of hydrogen-bond acceptors (Lipinski definition) is 3. The van der Waals surface area contributed by atoms with Crippen molar-refractivity contribution in [3.8, 4) is 16.2 Å². The van der Waals surface area contributed by atoms with Crippen molar-refractivity contribution in [1.29, 1.82) is 0 Å². The van der Waals surface area contributed by atoms with Crippen molar-refractivity contribution in [1.82, 2.24) is 0 Å². The Bertz CT molecular complexity index is 662. The minimum atomic E-state index is 0.0463. The van der Waals surface area contributed by atoms with E-state index in [4.69, 9.17) is 9.84 Å². The van der Waals surface area contributed by atoms with Gasteiger partial charge in [-0.25, -0.2) is 0 Å². The van der Waals surface area contributed by atoms with Gasteiger partial charge in [0, 0.05) is 4.88 Å². The number of allylic oxidation sites excluding steroid dienone is 3. The molecule has 1 aromatic heterocycles. The van der Waals surface area contributed by atoms with E-state index in [-0.39, 0.29) is 6.10 Å². The van der Waals surface area contributed by atoms with Gasteiger partial charge in [0.1, 0.15) is 11.5 Å². The third kappa shape index (κ3) is 5.08. The molecule has 0 unspecified atom stereocenters. The lowest BCUT2D eigenvalue weighted by Crippen LogP contribution is -1.94. The highest BCUT2D eigenvalue weighted by molar-refractivity contribution is 7.13. The maximum atomic E-state index is 8.73. The largest absolute Gasteiger partial charge is 0.458 e. The molecule has 4 rings (SSSR count). The molecule has 1 aromatic carbocycles. The third-order valence-corrected chi connectivity index (χ3v) is 5.10. The van der Waals surface area contributed by atoms with E-state index in [9.17, 15) is 0 Å². The van der Waals surface area contributed by atoms with E-state index < -0.39 is 0 Å². The Morgan fingerprint density at radius 2 is 1.79 bits per heavy atom. The lowest BCUT2D eigenvalue weighted by atomic mass is 10.1. The first-order chi connectivity index (χ1) is 11.8. The first kappa shape index (κ1) is 17.0. The molecule has 1 saturated carbocycles. The quantitative estimate of drug-likeness (QED) is 0.748. The average Bonchev–Trinajstić information content (AvgIpc) is 3.31. The second-order valence-electron chi connectivity index (χ2n) is 6.13. The average molecular weight is 340 g/mol. The minimum absolute atomic E-state index is 0.0463. The summed E-state index contributed by atoms with van der Waals surface area (Å²) >= 11 is 1.75. The van der Waals surface area contributed by atoms with Crippen LogP contribution in [0, 0.1) is 0 Å². The molecule has 0 atom stereocenters. The van der Waals surface area contributed by atoms with E-state index in [0.29, 0.717) is 0 Å². The fraction of sp³-hybridized carbons (Fsp3) is 0.333. The lowest BCUT2D eigenvalue weighted by molar-refractivity contribution is 0.183. The molecule has 0 saturated heterocycles. The summed E-state index contributed by atoms with van der Waals surface area (Å²) in [6, 6.07) is 12.5. The van der Waals surface area contributed by atoms with Gasteiger partial charge in [0.2, 0.25) is 0 Å². The van der Waals surface area contributed by atoms with Crippen LogP contribution >= 0.6 is 11.3 Å². The van der Waals surface area contributed by atoms with Crippen molar-refractivity contribution >= 4 is 11.3 Å². The summed E-state index contributed by atoms with van der Waals surface area (Å²) in [5, 5.41) is 10.8. The summed E-state index contributed by atoms with van der Waals surface area (Å²) in [6.07, 6.45) is 13.1. The fourth-order valence-electron chi connectivity index (χ4n) is 2.84. The van der Waals surface area contributed by atoms with Crippen LogP contribution in [0.2, 0.25) is 0 Å². The van der Waals surface area contributed by atoms with Crippen LogP contribution < -0.4 is 4.74 Å². The van der Waals surface area contributed by atoms with E-state index in [1.165, 1.54) is 23.3 Å². The molecule has 126 valence electrons. The van der Waals surface area contributed by atoms with Gasteiger partial charge in [-0.2, -0.15) is 0 Å². The van der Waals surface area contributed by atoms with Gasteiger partial charge < -0.3 is 9.84 Å². The Morgan fingerprint density at radius 1 is 1.00 bits per heavy atom. The van der Waals surface area contributed by atoms with Gasteiger partial charge in [0.15, 0.2) is 0 Å². The van der Waals surface area contributed by atoms with E-state index in [0.717, 1.165) is 37.2 Å². The molecule has 2 nitrogen and oxygen atoms in total. The van der Waals surface area contributed by atoms with Crippen LogP contribution in [0.4, 0.5) is 0 Å². The lowest BCUT2D eigenvalue weighted by Gasteiger charge is -2.09. The molecule has 2 aliphatic carbocycles. The van der Waals surface area contributed by atoms with E-state index in [1.807, 2.05) is 18.2 Å². The zero-order valence-electron chi connectivity index (χ0n) is 13.9. The van der Waals surface area contributed by atoms with Crippen molar-refractivity contribution in [2.75, 3.05) is 0 Å². The Labute approximate surface area is 148 Å². The summed E-state index contributed by atoms with van der Waals surface area (Å²) in [4.78, 5) is 1.29. The number of ether oxygens (including phenoxy) is 1. The van der Waals surface area contributed by atoms with Gasteiger partial charge in [0.05, 0.1) is 6.10 Å². The van der Waals surface area contributed by atoms with Crippen LogP contribution in [-0.2, 0) is 0 Å². The fourth-order valence-corrected chi connectivity index (χ4v) is 3.57. The van der Waals surface area contributed by atoms with Crippen LogP contribution in [0.3, 0.4) is 0 Å². The van der Waals surface area contributed by atoms with E-state index >= 15 is 0 Å². The molecular formula is C21H24O2S. The summed E-state index contributed by atoms with van der Waals surface area (Å²) in [5.74, 6) is 1.85. The van der Waals surface area contributed by atoms with Crippen LogP contribution in [0.15, 0.2) is 65.8 Å². The van der Waals surface area contributed by atoms with Gasteiger partial charge >= 0.3 is 0 Å². The molecule has 2 aromatic rings. The third-order valence-electron chi connectivity index (χ3n) is 4.18. The minimum Gasteiger partial charge on any atom is -0.458 e. The molecule has 2 aliphatic rings. The van der Waals surface area contributed by atoms with Gasteiger partial charge in [-0.3, -0.25) is 0 Å². The zero-order valence-corrected chi connectivity index (χ0v) is 14.7. The summed E-state index contributed by atoms with van der Waals surface area (Å²) in [7, 11) is 0. The Kier molecular flexibility index (Phi) is 6.27. The van der Waals surface area contributed by atoms with Crippen LogP contribution in [-0.4, -0.2) is 11.2 Å². The highest BCUT2D eigenvalue weighted by Crippen LogP contribution is 2.27. The SMILES string of the molecule is C1=CC(Oc2ccc(-c3cccs3)cc2)=CCC1.OC1CCCC1. The molecule has 24 heavy (non-hydrogen) atoms. The molecule has 0 aliphatic heterocycles. The molecule has 1 heterocycles. The van der Waals surface area contributed by atoms with E-state index in [1.54, 1.807) is 11.3 Å². The smallest absolute Gasteiger partial charge is 0.127 e. The predicted octanol–water partition coefficient (Wildman–Crippen LogP) is 5.95. The monoisotopic (exact) mass is 340 g/mol. The molecule has 0 radical (unpaired) electrons. The maximum absolute atomic E-state index is 8.73. The van der Waals surface area contributed by atoms with Crippen LogP contribution in [0.5, 0.6) is 5.75 Å². The number of rotatable bonds is 3. The molecule has 1 fully saturated rings. The van der Waals surface area contributed by atoms with Gasteiger partial charge in [0.25, 0.3) is 0 Å². The Balaban J connectivity index is 0.000000238. The van der Waals surface area contributed by atoms with Gasteiger partial charge in [-0.15, -0.1) is 11.3 Å². The molecule has 1 N–H and O–H groups in total. The van der Waals surface area contributed by atoms with Crippen LogP contribution in [0.1, 0.15) is 38.5 Å². The standard InChI is InChI=1S/C16H14OS.C5H10O/c1-2-5-14(6-3-1)17-15-10-8-13(9-11-15)16-7-4-12-18-16;6-5-3-1-2-4-5/h2,4-12H,1,3H2;5-6H,1-4H2.